The zero-order valence-corrected chi connectivity index (χ0v) is 12.1. The average molecular weight is 325 g/mol. The van der Waals surface area contributed by atoms with Gasteiger partial charge in [-0.2, -0.15) is 0 Å². The quantitative estimate of drug-likeness (QED) is 0.619. The molecule has 0 bridgehead atoms. The van der Waals surface area contributed by atoms with Crippen LogP contribution in [0.25, 0.3) is 11.3 Å². The molecular weight excluding hydrogens is 312 g/mol. The van der Waals surface area contributed by atoms with Crippen molar-refractivity contribution in [3.8, 4) is 11.3 Å². The van der Waals surface area contributed by atoms with Gasteiger partial charge in [0.15, 0.2) is 18.3 Å². The molecule has 0 aliphatic heterocycles. The molecule has 2 aromatic rings. The molecule has 0 saturated heterocycles. The number of rotatable bonds is 5. The maximum Gasteiger partial charge on any atom is 0.185 e. The lowest BCUT2D eigenvalue weighted by Gasteiger charge is -2.17. The van der Waals surface area contributed by atoms with Crippen molar-refractivity contribution < 1.29 is 18.7 Å². The minimum absolute atomic E-state index is 0.287. The number of furan rings is 1. The van der Waals surface area contributed by atoms with Crippen molar-refractivity contribution >= 4 is 22.2 Å². The maximum absolute atomic E-state index is 10.7. The predicted octanol–water partition coefficient (Wildman–Crippen LogP) is 3.81. The van der Waals surface area contributed by atoms with Crippen molar-refractivity contribution in [2.75, 3.05) is 14.2 Å². The lowest BCUT2D eigenvalue weighted by molar-refractivity contribution is -0.105. The van der Waals surface area contributed by atoms with E-state index >= 15 is 0 Å². The van der Waals surface area contributed by atoms with Crippen LogP contribution in [0, 0.1) is 0 Å². The first-order chi connectivity index (χ1) is 9.19. The number of carbonyl (C=O) groups excluding carboxylic acids is 1. The Kier molecular flexibility index (Phi) is 4.52. The molecule has 0 unspecified atom stereocenters. The molecule has 1 aromatic heterocycles. The normalized spacial score (nSPS) is 10.9. The van der Waals surface area contributed by atoms with Gasteiger partial charge in [0.05, 0.1) is 0 Å². The number of methoxy groups -OCH3 is 2. The summed E-state index contributed by atoms with van der Waals surface area (Å²) in [6.45, 7) is 0. The average Bonchev–Trinajstić information content (AvgIpc) is 2.89. The van der Waals surface area contributed by atoms with Crippen LogP contribution in [0.2, 0.25) is 0 Å². The number of aldehydes is 1. The van der Waals surface area contributed by atoms with Crippen LogP contribution in [0.1, 0.15) is 22.4 Å². The van der Waals surface area contributed by atoms with E-state index in [-0.39, 0.29) is 5.76 Å². The Labute approximate surface area is 119 Å². The molecule has 1 aromatic carbocycles. The van der Waals surface area contributed by atoms with E-state index in [1.54, 1.807) is 26.4 Å². The van der Waals surface area contributed by atoms with Crippen LogP contribution in [0.3, 0.4) is 0 Å². The molecule has 4 nitrogen and oxygen atoms in total. The summed E-state index contributed by atoms with van der Waals surface area (Å²) >= 11 is 3.42. The smallest absolute Gasteiger partial charge is 0.185 e. The topological polar surface area (TPSA) is 48.7 Å². The molecule has 0 radical (unpaired) electrons. The Bertz CT molecular complexity index is 573. The number of ether oxygens (including phenoxy) is 2. The lowest BCUT2D eigenvalue weighted by atomic mass is 10.0. The van der Waals surface area contributed by atoms with E-state index in [4.69, 9.17) is 13.9 Å². The molecule has 0 aliphatic carbocycles. The minimum Gasteiger partial charge on any atom is -0.453 e. The van der Waals surface area contributed by atoms with Crippen molar-refractivity contribution in [3.05, 3.63) is 46.1 Å². The molecule has 0 saturated carbocycles. The summed E-state index contributed by atoms with van der Waals surface area (Å²) in [4.78, 5) is 10.7. The van der Waals surface area contributed by atoms with Crippen molar-refractivity contribution in [2.24, 2.45) is 0 Å². The Hall–Kier alpha value is -1.43. The standard InChI is InChI=1S/C14H13BrO4/c1-17-14(18-2)12-7-9(15)3-5-11(12)13-6-4-10(8-16)19-13/h3-8,14H,1-2H3. The van der Waals surface area contributed by atoms with Gasteiger partial charge in [0.2, 0.25) is 0 Å². The second-order valence-corrected chi connectivity index (χ2v) is 4.77. The van der Waals surface area contributed by atoms with Crippen LogP contribution >= 0.6 is 15.9 Å². The fraction of sp³-hybridized carbons (Fsp3) is 0.214. The van der Waals surface area contributed by atoms with Crippen molar-refractivity contribution in [2.45, 2.75) is 6.29 Å². The highest BCUT2D eigenvalue weighted by atomic mass is 79.9. The van der Waals surface area contributed by atoms with E-state index in [9.17, 15) is 4.79 Å². The molecule has 5 heteroatoms. The molecular formula is C14H13BrO4. The SMILES string of the molecule is COC(OC)c1cc(Br)ccc1-c1ccc(C=O)o1. The number of hydrogen-bond acceptors (Lipinski definition) is 4. The minimum atomic E-state index is -0.503. The third kappa shape index (κ3) is 2.94. The van der Waals surface area contributed by atoms with E-state index in [0.717, 1.165) is 15.6 Å². The van der Waals surface area contributed by atoms with E-state index in [1.807, 2.05) is 18.2 Å². The monoisotopic (exact) mass is 324 g/mol. The van der Waals surface area contributed by atoms with Gasteiger partial charge in [-0.25, -0.2) is 0 Å². The fourth-order valence-corrected chi connectivity index (χ4v) is 2.24. The lowest BCUT2D eigenvalue weighted by Crippen LogP contribution is -2.05. The van der Waals surface area contributed by atoms with Gasteiger partial charge in [-0.05, 0) is 30.3 Å². The second-order valence-electron chi connectivity index (χ2n) is 3.85. The summed E-state index contributed by atoms with van der Waals surface area (Å²) in [7, 11) is 3.13. The molecule has 0 amide bonds. The predicted molar refractivity (Wildman–Crippen MR) is 74.0 cm³/mol. The summed E-state index contributed by atoms with van der Waals surface area (Å²) in [5, 5.41) is 0. The largest absolute Gasteiger partial charge is 0.453 e. The number of carbonyl (C=O) groups is 1. The molecule has 0 aliphatic rings. The summed E-state index contributed by atoms with van der Waals surface area (Å²) in [6, 6.07) is 9.06. The van der Waals surface area contributed by atoms with Crippen LogP contribution in [0.4, 0.5) is 0 Å². The Balaban J connectivity index is 2.52. The second kappa shape index (κ2) is 6.14. The maximum atomic E-state index is 10.7. The van der Waals surface area contributed by atoms with E-state index < -0.39 is 6.29 Å². The zero-order chi connectivity index (χ0) is 13.8. The molecule has 19 heavy (non-hydrogen) atoms. The highest BCUT2D eigenvalue weighted by Gasteiger charge is 2.17. The van der Waals surface area contributed by atoms with Crippen LogP contribution in [-0.2, 0) is 9.47 Å². The van der Waals surface area contributed by atoms with Gasteiger partial charge in [-0.15, -0.1) is 0 Å². The van der Waals surface area contributed by atoms with Crippen molar-refractivity contribution in [1.82, 2.24) is 0 Å². The highest BCUT2D eigenvalue weighted by Crippen LogP contribution is 2.33. The van der Waals surface area contributed by atoms with Crippen LogP contribution in [-0.4, -0.2) is 20.5 Å². The Morgan fingerprint density at radius 1 is 1.21 bits per heavy atom. The molecule has 1 heterocycles. The highest BCUT2D eigenvalue weighted by molar-refractivity contribution is 9.10. The molecule has 2 rings (SSSR count). The zero-order valence-electron chi connectivity index (χ0n) is 10.6. The summed E-state index contributed by atoms with van der Waals surface area (Å²) < 4.78 is 16.9. The molecule has 0 spiro atoms. The first kappa shape index (κ1) is 14.0. The number of hydrogen-bond donors (Lipinski definition) is 0. The summed E-state index contributed by atoms with van der Waals surface area (Å²) in [5.41, 5.74) is 1.65. The Morgan fingerprint density at radius 2 is 1.95 bits per heavy atom. The molecule has 100 valence electrons. The first-order valence-corrected chi connectivity index (χ1v) is 6.39. The van der Waals surface area contributed by atoms with E-state index in [0.29, 0.717) is 12.0 Å². The number of benzene rings is 1. The van der Waals surface area contributed by atoms with Gasteiger partial charge in [0.25, 0.3) is 0 Å². The third-order valence-corrected chi connectivity index (χ3v) is 3.20. The van der Waals surface area contributed by atoms with Gasteiger partial charge < -0.3 is 13.9 Å². The molecule has 0 atom stereocenters. The molecule has 0 N–H and O–H groups in total. The van der Waals surface area contributed by atoms with Gasteiger partial charge in [0, 0.05) is 29.8 Å². The van der Waals surface area contributed by atoms with E-state index in [1.165, 1.54) is 0 Å². The van der Waals surface area contributed by atoms with E-state index in [2.05, 4.69) is 15.9 Å². The van der Waals surface area contributed by atoms with Crippen molar-refractivity contribution in [1.29, 1.82) is 0 Å². The van der Waals surface area contributed by atoms with Gasteiger partial charge >= 0.3 is 0 Å². The first-order valence-electron chi connectivity index (χ1n) is 5.60. The van der Waals surface area contributed by atoms with Crippen LogP contribution in [0.5, 0.6) is 0 Å². The third-order valence-electron chi connectivity index (χ3n) is 2.70. The Morgan fingerprint density at radius 3 is 2.53 bits per heavy atom. The van der Waals surface area contributed by atoms with Gasteiger partial charge in [-0.1, -0.05) is 15.9 Å². The van der Waals surface area contributed by atoms with Crippen molar-refractivity contribution in [3.63, 3.8) is 0 Å². The molecule has 0 fully saturated rings. The number of halogens is 1. The van der Waals surface area contributed by atoms with Crippen LogP contribution in [0.15, 0.2) is 39.2 Å². The van der Waals surface area contributed by atoms with Gasteiger partial charge in [0.1, 0.15) is 5.76 Å². The summed E-state index contributed by atoms with van der Waals surface area (Å²) in [5.74, 6) is 0.888. The fourth-order valence-electron chi connectivity index (χ4n) is 1.86. The van der Waals surface area contributed by atoms with Gasteiger partial charge in [-0.3, -0.25) is 4.79 Å². The van der Waals surface area contributed by atoms with Crippen LogP contribution < -0.4 is 0 Å². The summed E-state index contributed by atoms with van der Waals surface area (Å²) in [6.07, 6.45) is 0.170.